The van der Waals surface area contributed by atoms with Crippen LogP contribution in [0.25, 0.3) is 10.9 Å². The molecule has 0 fully saturated rings. The standard InChI is InChI=1S/C28H27N5O3/c1-17-10-22(16-34)25-9-5-7-21(27(25)30-17)11-20-6-4-8-24(12-20)31-28(35)23-13-29-33(14-23)15-26-18(2)32-36-19(26)3/h4-10,12-14,34H,11,15-16H2,1-3H3,(H,31,35). The van der Waals surface area contributed by atoms with E-state index < -0.39 is 0 Å². The highest BCUT2D eigenvalue weighted by molar-refractivity contribution is 6.04. The highest BCUT2D eigenvalue weighted by Gasteiger charge is 2.14. The van der Waals surface area contributed by atoms with Gasteiger partial charge in [-0.1, -0.05) is 35.5 Å². The summed E-state index contributed by atoms with van der Waals surface area (Å²) in [5.41, 5.74) is 7.69. The van der Waals surface area contributed by atoms with Crippen molar-refractivity contribution in [1.29, 1.82) is 0 Å². The Morgan fingerprint density at radius 3 is 2.69 bits per heavy atom. The zero-order valence-corrected chi connectivity index (χ0v) is 20.4. The maximum atomic E-state index is 12.9. The highest BCUT2D eigenvalue weighted by atomic mass is 16.5. The van der Waals surface area contributed by atoms with Crippen molar-refractivity contribution in [3.63, 3.8) is 0 Å². The van der Waals surface area contributed by atoms with Crippen molar-refractivity contribution < 1.29 is 14.4 Å². The zero-order valence-electron chi connectivity index (χ0n) is 20.4. The molecule has 3 heterocycles. The highest BCUT2D eigenvalue weighted by Crippen LogP contribution is 2.25. The summed E-state index contributed by atoms with van der Waals surface area (Å²) >= 11 is 0. The molecule has 0 saturated carbocycles. The van der Waals surface area contributed by atoms with Gasteiger partial charge in [0.15, 0.2) is 0 Å². The number of pyridine rings is 1. The molecule has 0 atom stereocenters. The van der Waals surface area contributed by atoms with Crippen molar-refractivity contribution in [3.8, 4) is 0 Å². The predicted molar refractivity (Wildman–Crippen MR) is 137 cm³/mol. The van der Waals surface area contributed by atoms with E-state index in [0.717, 1.165) is 50.3 Å². The van der Waals surface area contributed by atoms with Gasteiger partial charge in [-0.25, -0.2) is 0 Å². The minimum atomic E-state index is -0.229. The van der Waals surface area contributed by atoms with E-state index in [9.17, 15) is 9.90 Å². The van der Waals surface area contributed by atoms with Gasteiger partial charge in [0.05, 0.1) is 36.1 Å². The number of nitrogens with zero attached hydrogens (tertiary/aromatic N) is 4. The van der Waals surface area contributed by atoms with E-state index in [2.05, 4.69) is 21.6 Å². The number of hydrogen-bond donors (Lipinski definition) is 2. The molecule has 2 N–H and O–H groups in total. The number of nitrogens with one attached hydrogen (secondary N) is 1. The predicted octanol–water partition coefficient (Wildman–Crippen LogP) is 4.73. The number of para-hydroxylation sites is 1. The Morgan fingerprint density at radius 1 is 1.08 bits per heavy atom. The lowest BCUT2D eigenvalue weighted by Crippen LogP contribution is -2.11. The number of aryl methyl sites for hydroxylation is 3. The van der Waals surface area contributed by atoms with Crippen LogP contribution in [0.1, 0.15) is 49.8 Å². The molecular weight excluding hydrogens is 454 g/mol. The van der Waals surface area contributed by atoms with Crippen molar-refractivity contribution in [2.45, 2.75) is 40.3 Å². The summed E-state index contributed by atoms with van der Waals surface area (Å²) in [7, 11) is 0. The van der Waals surface area contributed by atoms with Gasteiger partial charge in [0.25, 0.3) is 5.91 Å². The fourth-order valence-corrected chi connectivity index (χ4v) is 4.43. The number of hydrogen-bond acceptors (Lipinski definition) is 6. The smallest absolute Gasteiger partial charge is 0.258 e. The summed E-state index contributed by atoms with van der Waals surface area (Å²) < 4.78 is 6.91. The lowest BCUT2D eigenvalue weighted by atomic mass is 9.99. The summed E-state index contributed by atoms with van der Waals surface area (Å²) in [6.07, 6.45) is 3.92. The van der Waals surface area contributed by atoms with Crippen molar-refractivity contribution in [3.05, 3.63) is 106 Å². The average Bonchev–Trinajstić information content (AvgIpc) is 3.46. The van der Waals surface area contributed by atoms with Crippen molar-refractivity contribution in [1.82, 2.24) is 19.9 Å². The molecule has 2 aromatic carbocycles. The number of amides is 1. The second-order valence-corrected chi connectivity index (χ2v) is 8.95. The van der Waals surface area contributed by atoms with Gasteiger partial charge < -0.3 is 14.9 Å². The Bertz CT molecular complexity index is 1550. The number of carbonyl (C=O) groups is 1. The van der Waals surface area contributed by atoms with Crippen LogP contribution in [0.5, 0.6) is 0 Å². The Morgan fingerprint density at radius 2 is 1.92 bits per heavy atom. The van der Waals surface area contributed by atoms with Crippen LogP contribution in [0.4, 0.5) is 5.69 Å². The summed E-state index contributed by atoms with van der Waals surface area (Å²) in [5.74, 6) is 0.516. The van der Waals surface area contributed by atoms with Crippen LogP contribution in [0, 0.1) is 20.8 Å². The first kappa shape index (κ1) is 23.4. The van der Waals surface area contributed by atoms with Crippen LogP contribution in [-0.2, 0) is 19.6 Å². The number of rotatable bonds is 7. The van der Waals surface area contributed by atoms with E-state index in [1.807, 2.05) is 63.2 Å². The zero-order chi connectivity index (χ0) is 25.2. The lowest BCUT2D eigenvalue weighted by molar-refractivity contribution is 0.102. The SMILES string of the molecule is Cc1cc(CO)c2cccc(Cc3cccc(NC(=O)c4cnn(Cc5c(C)noc5C)c4)c3)c2n1. The van der Waals surface area contributed by atoms with Gasteiger partial charge in [0.1, 0.15) is 5.76 Å². The van der Waals surface area contributed by atoms with Crippen LogP contribution < -0.4 is 5.32 Å². The molecule has 182 valence electrons. The summed E-state index contributed by atoms with van der Waals surface area (Å²) in [6, 6.07) is 15.7. The first-order valence-corrected chi connectivity index (χ1v) is 11.7. The van der Waals surface area contributed by atoms with Crippen molar-refractivity contribution >= 4 is 22.5 Å². The van der Waals surface area contributed by atoms with E-state index in [0.29, 0.717) is 24.2 Å². The van der Waals surface area contributed by atoms with Crippen LogP contribution in [0.3, 0.4) is 0 Å². The van der Waals surface area contributed by atoms with Gasteiger partial charge in [-0.2, -0.15) is 5.10 Å². The molecule has 8 heteroatoms. The number of aromatic nitrogens is 4. The minimum absolute atomic E-state index is 0.0282. The van der Waals surface area contributed by atoms with Gasteiger partial charge in [0.2, 0.25) is 0 Å². The van der Waals surface area contributed by atoms with Crippen LogP contribution in [-0.4, -0.2) is 30.9 Å². The number of benzene rings is 2. The van der Waals surface area contributed by atoms with E-state index in [1.165, 1.54) is 0 Å². The average molecular weight is 482 g/mol. The molecule has 5 aromatic rings. The number of carbonyl (C=O) groups excluding carboxylic acids is 1. The Labute approximate surface area is 208 Å². The third kappa shape index (κ3) is 4.76. The quantitative estimate of drug-likeness (QED) is 0.348. The monoisotopic (exact) mass is 481 g/mol. The van der Waals surface area contributed by atoms with Gasteiger partial charge in [-0.15, -0.1) is 0 Å². The van der Waals surface area contributed by atoms with E-state index in [1.54, 1.807) is 17.1 Å². The van der Waals surface area contributed by atoms with E-state index in [-0.39, 0.29) is 12.5 Å². The summed E-state index contributed by atoms with van der Waals surface area (Å²) in [6.45, 7) is 6.14. The Kier molecular flexibility index (Phi) is 6.35. The second kappa shape index (κ2) is 9.75. The third-order valence-electron chi connectivity index (χ3n) is 6.28. The number of aliphatic hydroxyl groups excluding tert-OH is 1. The van der Waals surface area contributed by atoms with Crippen molar-refractivity contribution in [2.24, 2.45) is 0 Å². The molecular formula is C28H27N5O3. The summed E-state index contributed by atoms with van der Waals surface area (Å²) in [4.78, 5) is 17.6. The number of fused-ring (bicyclic) bond motifs is 1. The second-order valence-electron chi connectivity index (χ2n) is 8.95. The van der Waals surface area contributed by atoms with Crippen molar-refractivity contribution in [2.75, 3.05) is 5.32 Å². The maximum absolute atomic E-state index is 12.9. The normalized spacial score (nSPS) is 11.2. The van der Waals surface area contributed by atoms with Crippen LogP contribution in [0.15, 0.2) is 65.4 Å². The maximum Gasteiger partial charge on any atom is 0.258 e. The molecule has 0 spiro atoms. The molecule has 0 saturated heterocycles. The molecule has 0 radical (unpaired) electrons. The molecule has 0 bridgehead atoms. The van der Waals surface area contributed by atoms with Crippen LogP contribution >= 0.6 is 0 Å². The Hall–Kier alpha value is -4.30. The van der Waals surface area contributed by atoms with Gasteiger partial charge in [-0.3, -0.25) is 14.5 Å². The van der Waals surface area contributed by atoms with Gasteiger partial charge in [-0.05, 0) is 62.1 Å². The van der Waals surface area contributed by atoms with Crippen LogP contribution in [0.2, 0.25) is 0 Å². The lowest BCUT2D eigenvalue weighted by Gasteiger charge is -2.11. The van der Waals surface area contributed by atoms with Gasteiger partial charge in [0, 0.05) is 28.5 Å². The number of anilines is 1. The molecule has 0 aliphatic rings. The third-order valence-corrected chi connectivity index (χ3v) is 6.28. The topological polar surface area (TPSA) is 106 Å². The van der Waals surface area contributed by atoms with E-state index >= 15 is 0 Å². The fraction of sp³-hybridized carbons (Fsp3) is 0.214. The molecule has 1 amide bonds. The largest absolute Gasteiger partial charge is 0.392 e. The first-order chi connectivity index (χ1) is 17.4. The fourth-order valence-electron chi connectivity index (χ4n) is 4.43. The number of aliphatic hydroxyl groups is 1. The first-order valence-electron chi connectivity index (χ1n) is 11.7. The molecule has 0 unspecified atom stereocenters. The summed E-state index contributed by atoms with van der Waals surface area (Å²) in [5, 5.41) is 22.0. The molecule has 3 aromatic heterocycles. The minimum Gasteiger partial charge on any atom is -0.392 e. The Balaban J connectivity index is 1.32. The molecule has 8 nitrogen and oxygen atoms in total. The molecule has 0 aliphatic carbocycles. The van der Waals surface area contributed by atoms with Gasteiger partial charge >= 0.3 is 0 Å². The molecule has 0 aliphatic heterocycles. The molecule has 36 heavy (non-hydrogen) atoms. The molecule has 5 rings (SSSR count). The van der Waals surface area contributed by atoms with E-state index in [4.69, 9.17) is 9.51 Å².